The minimum absolute atomic E-state index is 0.0553. The molecular weight excluding hydrogens is 556 g/mol. The summed E-state index contributed by atoms with van der Waals surface area (Å²) in [6.45, 7) is 3.03. The molecule has 2 saturated heterocycles. The number of aliphatic carboxylic acids is 1. The molecule has 236 valence electrons. The van der Waals surface area contributed by atoms with E-state index >= 15 is 0 Å². The van der Waals surface area contributed by atoms with Gasteiger partial charge in [-0.1, -0.05) is 37.6 Å². The molecule has 0 radical (unpaired) electrons. The Balaban J connectivity index is 1.40. The zero-order chi connectivity index (χ0) is 30.1. The van der Waals surface area contributed by atoms with E-state index in [1.165, 1.54) is 0 Å². The third-order valence-corrected chi connectivity index (χ3v) is 8.83. The predicted octanol–water partition coefficient (Wildman–Crippen LogP) is -0.538. The molecule has 0 amide bonds. The number of fused-ring (bicyclic) bond motifs is 2. The predicted molar refractivity (Wildman–Crippen MR) is 142 cm³/mol. The van der Waals surface area contributed by atoms with Gasteiger partial charge < -0.3 is 59.1 Å². The Bertz CT molecular complexity index is 1060. The smallest absolute Gasteiger partial charge is 0.333 e. The number of carboxylic acids is 1. The summed E-state index contributed by atoms with van der Waals surface area (Å²) in [4.78, 5) is 12.2. The molecule has 42 heavy (non-hydrogen) atoms. The molecular formula is C29H42O13. The average Bonchev–Trinajstić information content (AvgIpc) is 3.05. The van der Waals surface area contributed by atoms with Crippen LogP contribution in [0.1, 0.15) is 44.2 Å². The van der Waals surface area contributed by atoms with Gasteiger partial charge in [0.05, 0.1) is 31.5 Å². The maximum Gasteiger partial charge on any atom is 0.333 e. The van der Waals surface area contributed by atoms with Crippen molar-refractivity contribution in [2.24, 2.45) is 5.92 Å². The van der Waals surface area contributed by atoms with Crippen LogP contribution >= 0.6 is 0 Å². The molecule has 13 nitrogen and oxygen atoms in total. The van der Waals surface area contributed by atoms with Crippen LogP contribution < -0.4 is 0 Å². The minimum Gasteiger partial charge on any atom is -0.479 e. The Hall–Kier alpha value is -1.75. The largest absolute Gasteiger partial charge is 0.479 e. The lowest BCUT2D eigenvalue weighted by Crippen LogP contribution is -2.63. The summed E-state index contributed by atoms with van der Waals surface area (Å²) in [5, 5.41) is 62.0. The highest BCUT2D eigenvalue weighted by Gasteiger charge is 2.52. The lowest BCUT2D eigenvalue weighted by Gasteiger charge is -2.47. The second-order valence-electron chi connectivity index (χ2n) is 11.8. The maximum absolute atomic E-state index is 12.2. The molecule has 0 bridgehead atoms. The van der Waals surface area contributed by atoms with Gasteiger partial charge in [0.25, 0.3) is 0 Å². The first kappa shape index (κ1) is 31.7. The van der Waals surface area contributed by atoms with Crippen molar-refractivity contribution in [2.45, 2.75) is 126 Å². The number of aliphatic hydroxyl groups excluding tert-OH is 5. The Labute approximate surface area is 243 Å². The summed E-state index contributed by atoms with van der Waals surface area (Å²) in [7, 11) is 0. The molecule has 1 aliphatic carbocycles. The molecule has 6 N–H and O–H groups in total. The number of rotatable bonds is 6. The first-order valence-electron chi connectivity index (χ1n) is 14.6. The number of carboxylic acid groups (broad SMARTS) is 1. The third kappa shape index (κ3) is 6.52. The third-order valence-electron chi connectivity index (χ3n) is 8.83. The molecule has 5 rings (SSSR count). The average molecular weight is 599 g/mol. The Kier molecular flexibility index (Phi) is 10.2. The Morgan fingerprint density at radius 2 is 1.62 bits per heavy atom. The van der Waals surface area contributed by atoms with E-state index in [1.54, 1.807) is 19.1 Å². The molecule has 3 fully saturated rings. The van der Waals surface area contributed by atoms with Crippen LogP contribution in [0.25, 0.3) is 0 Å². The highest BCUT2D eigenvalue weighted by Crippen LogP contribution is 2.37. The van der Waals surface area contributed by atoms with Crippen molar-refractivity contribution in [3.63, 3.8) is 0 Å². The molecule has 14 unspecified atom stereocenters. The molecule has 1 saturated carbocycles. The van der Waals surface area contributed by atoms with E-state index in [2.05, 4.69) is 0 Å². The lowest BCUT2D eigenvalue weighted by molar-refractivity contribution is -0.353. The number of hydrogen-bond acceptors (Lipinski definition) is 12. The van der Waals surface area contributed by atoms with E-state index in [9.17, 15) is 35.4 Å². The van der Waals surface area contributed by atoms with Crippen LogP contribution in [0.5, 0.6) is 0 Å². The summed E-state index contributed by atoms with van der Waals surface area (Å²) in [5.41, 5.74) is 1.49. The molecule has 0 spiro atoms. The van der Waals surface area contributed by atoms with E-state index in [-0.39, 0.29) is 18.9 Å². The van der Waals surface area contributed by atoms with Crippen LogP contribution in [0.15, 0.2) is 24.3 Å². The maximum atomic E-state index is 12.2. The molecule has 1 aromatic rings. The molecule has 14 atom stereocenters. The SMILES string of the molecule is CC1CCCC(OC2OC(CO)C(O)C3OC(C(=O)O)Cc4ccccc4COC23)C1OC1OC(C)C(O)C(O)C1O. The van der Waals surface area contributed by atoms with Crippen molar-refractivity contribution in [3.05, 3.63) is 35.4 Å². The highest BCUT2D eigenvalue weighted by atomic mass is 16.7. The monoisotopic (exact) mass is 598 g/mol. The van der Waals surface area contributed by atoms with Crippen molar-refractivity contribution in [2.75, 3.05) is 6.61 Å². The van der Waals surface area contributed by atoms with Gasteiger partial charge in [-0.3, -0.25) is 0 Å². The molecule has 13 heteroatoms. The molecule has 4 aliphatic rings. The first-order valence-corrected chi connectivity index (χ1v) is 14.6. The Morgan fingerprint density at radius 1 is 0.881 bits per heavy atom. The van der Waals surface area contributed by atoms with Crippen LogP contribution in [0.2, 0.25) is 0 Å². The van der Waals surface area contributed by atoms with Crippen molar-refractivity contribution >= 4 is 5.97 Å². The van der Waals surface area contributed by atoms with Crippen LogP contribution in [0.3, 0.4) is 0 Å². The minimum atomic E-state index is -1.49. The fourth-order valence-corrected chi connectivity index (χ4v) is 6.31. The van der Waals surface area contributed by atoms with E-state index < -0.39 is 92.3 Å². The van der Waals surface area contributed by atoms with Gasteiger partial charge in [0.15, 0.2) is 18.7 Å². The second-order valence-corrected chi connectivity index (χ2v) is 11.8. The zero-order valence-corrected chi connectivity index (χ0v) is 23.7. The summed E-state index contributed by atoms with van der Waals surface area (Å²) in [6, 6.07) is 7.25. The number of benzene rings is 1. The van der Waals surface area contributed by atoms with Crippen molar-refractivity contribution in [1.29, 1.82) is 0 Å². The first-order chi connectivity index (χ1) is 20.1. The van der Waals surface area contributed by atoms with Gasteiger partial charge in [0.1, 0.15) is 42.7 Å². The fraction of sp³-hybridized carbons (Fsp3) is 0.759. The van der Waals surface area contributed by atoms with Gasteiger partial charge in [-0.25, -0.2) is 4.79 Å². The summed E-state index contributed by atoms with van der Waals surface area (Å²) in [6.07, 6.45) is -12.6. The standard InChI is InChI=1S/C29H42O13/c1-13-6-5-9-17(24(13)42-28-23(34)22(33)20(31)14(2)38-28)40-29-26-25(21(32)19(11-30)41-29)39-18(27(35)36)10-15-7-3-4-8-16(15)12-37-26/h3-4,7-8,13-14,17-26,28-34H,5-6,9-12H2,1-2H3,(H,35,36). The highest BCUT2D eigenvalue weighted by molar-refractivity contribution is 5.73. The topological polar surface area (TPSA) is 194 Å². The molecule has 0 aromatic heterocycles. The number of hydrogen-bond donors (Lipinski definition) is 6. The van der Waals surface area contributed by atoms with E-state index in [0.29, 0.717) is 6.42 Å². The van der Waals surface area contributed by atoms with Crippen LogP contribution in [0.4, 0.5) is 0 Å². The summed E-state index contributed by atoms with van der Waals surface area (Å²) < 4.78 is 36.6. The summed E-state index contributed by atoms with van der Waals surface area (Å²) in [5.74, 6) is -1.26. The van der Waals surface area contributed by atoms with E-state index in [1.807, 2.05) is 19.1 Å². The van der Waals surface area contributed by atoms with Crippen LogP contribution in [0, 0.1) is 5.92 Å². The molecule has 3 heterocycles. The van der Waals surface area contributed by atoms with Crippen molar-refractivity contribution in [1.82, 2.24) is 0 Å². The van der Waals surface area contributed by atoms with E-state index in [0.717, 1.165) is 24.0 Å². The van der Waals surface area contributed by atoms with E-state index in [4.69, 9.17) is 28.4 Å². The number of ether oxygens (including phenoxy) is 6. The Morgan fingerprint density at radius 3 is 2.33 bits per heavy atom. The summed E-state index contributed by atoms with van der Waals surface area (Å²) >= 11 is 0. The van der Waals surface area contributed by atoms with Gasteiger partial charge in [-0.15, -0.1) is 0 Å². The quantitative estimate of drug-likeness (QED) is 0.245. The van der Waals surface area contributed by atoms with Crippen molar-refractivity contribution in [3.8, 4) is 0 Å². The zero-order valence-electron chi connectivity index (χ0n) is 23.7. The van der Waals surface area contributed by atoms with Gasteiger partial charge in [0.2, 0.25) is 0 Å². The molecule has 1 aromatic carbocycles. The number of carbonyl (C=O) groups is 1. The number of aliphatic hydroxyl groups is 5. The molecule has 3 aliphatic heterocycles. The van der Waals surface area contributed by atoms with Crippen molar-refractivity contribution < 1.29 is 63.9 Å². The van der Waals surface area contributed by atoms with Crippen LogP contribution in [-0.4, -0.2) is 123 Å². The van der Waals surface area contributed by atoms with Gasteiger partial charge in [-0.2, -0.15) is 0 Å². The lowest BCUT2D eigenvalue weighted by atomic mass is 9.85. The van der Waals surface area contributed by atoms with Gasteiger partial charge in [-0.05, 0) is 36.8 Å². The fourth-order valence-electron chi connectivity index (χ4n) is 6.31. The van der Waals surface area contributed by atoms with Gasteiger partial charge >= 0.3 is 5.97 Å². The second kappa shape index (κ2) is 13.5. The van der Waals surface area contributed by atoms with Crippen LogP contribution in [-0.2, 0) is 46.2 Å². The normalized spacial score (nSPS) is 44.6. The van der Waals surface area contributed by atoms with Gasteiger partial charge in [0, 0.05) is 6.42 Å².